The highest BCUT2D eigenvalue weighted by molar-refractivity contribution is 5.55. The van der Waals surface area contributed by atoms with Gasteiger partial charge in [0.2, 0.25) is 0 Å². The maximum Gasteiger partial charge on any atom is 0.184 e. The highest BCUT2D eigenvalue weighted by Crippen LogP contribution is 2.41. The van der Waals surface area contributed by atoms with Crippen LogP contribution in [0, 0.1) is 0 Å². The maximum atomic E-state index is 10.2. The largest absolute Gasteiger partial charge is 0.504 e. The highest BCUT2D eigenvalue weighted by atomic mass is 16.6. The lowest BCUT2D eigenvalue weighted by Gasteiger charge is -2.06. The van der Waals surface area contributed by atoms with Crippen LogP contribution in [0.25, 0.3) is 5.65 Å². The quantitative estimate of drug-likeness (QED) is 0.678. The van der Waals surface area contributed by atoms with Crippen molar-refractivity contribution in [3.8, 4) is 5.75 Å². The number of pyridine rings is 1. The van der Waals surface area contributed by atoms with Gasteiger partial charge < -0.3 is 19.4 Å². The molecule has 7 nitrogen and oxygen atoms in total. The van der Waals surface area contributed by atoms with E-state index in [0.717, 1.165) is 11.3 Å². The molecular formula is C17H20N4O3. The van der Waals surface area contributed by atoms with E-state index >= 15 is 0 Å². The van der Waals surface area contributed by atoms with Gasteiger partial charge in [0, 0.05) is 30.8 Å². The van der Waals surface area contributed by atoms with Crippen molar-refractivity contribution in [1.29, 1.82) is 0 Å². The molecule has 24 heavy (non-hydrogen) atoms. The Bertz CT molecular complexity index is 866. The van der Waals surface area contributed by atoms with Gasteiger partial charge in [0.15, 0.2) is 17.7 Å². The lowest BCUT2D eigenvalue weighted by molar-refractivity contribution is -0.0980. The fourth-order valence-electron chi connectivity index (χ4n) is 2.88. The Morgan fingerprint density at radius 1 is 1.33 bits per heavy atom. The van der Waals surface area contributed by atoms with Crippen LogP contribution in [0.3, 0.4) is 0 Å². The number of imidazole rings is 1. The first-order valence-electron chi connectivity index (χ1n) is 8.16. The standard InChI is InChI=1S/C17H20N4O3/c1-2-24-17(23)13-6-18-21(8-13)10-14-9-20-7-12(11-3-4-11)5-15(22)16(20)19-14/h5-9,11,17,22-23H,2-4,10H2,1H3. The second kappa shape index (κ2) is 5.92. The van der Waals surface area contributed by atoms with Crippen LogP contribution in [0.2, 0.25) is 0 Å². The predicted octanol–water partition coefficient (Wildman–Crippen LogP) is 2.19. The molecule has 1 atom stereocenters. The van der Waals surface area contributed by atoms with Crippen molar-refractivity contribution >= 4 is 5.65 Å². The average Bonchev–Trinajstić information content (AvgIpc) is 3.16. The summed E-state index contributed by atoms with van der Waals surface area (Å²) in [6, 6.07) is 1.81. The van der Waals surface area contributed by atoms with Crippen LogP contribution in [0.1, 0.15) is 48.8 Å². The third-order valence-corrected chi connectivity index (χ3v) is 4.24. The zero-order chi connectivity index (χ0) is 16.7. The number of aromatic nitrogens is 4. The molecule has 0 aliphatic heterocycles. The molecule has 2 N–H and O–H groups in total. The first-order valence-corrected chi connectivity index (χ1v) is 8.16. The highest BCUT2D eigenvalue weighted by Gasteiger charge is 2.25. The van der Waals surface area contributed by atoms with Crippen molar-refractivity contribution in [2.75, 3.05) is 6.61 Å². The molecule has 1 fully saturated rings. The number of hydrogen-bond donors (Lipinski definition) is 2. The summed E-state index contributed by atoms with van der Waals surface area (Å²) in [5.41, 5.74) is 3.11. The predicted molar refractivity (Wildman–Crippen MR) is 86.7 cm³/mol. The molecule has 1 unspecified atom stereocenters. The third kappa shape index (κ3) is 2.88. The van der Waals surface area contributed by atoms with Crippen LogP contribution < -0.4 is 0 Å². The van der Waals surface area contributed by atoms with Crippen molar-refractivity contribution in [2.24, 2.45) is 0 Å². The van der Waals surface area contributed by atoms with Gasteiger partial charge in [-0.1, -0.05) is 0 Å². The number of ether oxygens (including phenoxy) is 1. The molecule has 4 rings (SSSR count). The van der Waals surface area contributed by atoms with E-state index in [2.05, 4.69) is 10.1 Å². The van der Waals surface area contributed by atoms with Gasteiger partial charge in [0.05, 0.1) is 18.4 Å². The molecule has 3 aromatic heterocycles. The van der Waals surface area contributed by atoms with Crippen LogP contribution in [0.15, 0.2) is 30.9 Å². The Kier molecular flexibility index (Phi) is 3.74. The van der Waals surface area contributed by atoms with E-state index in [-0.39, 0.29) is 5.75 Å². The zero-order valence-corrected chi connectivity index (χ0v) is 13.5. The molecule has 1 saturated carbocycles. The molecule has 0 aromatic carbocycles. The Labute approximate surface area is 139 Å². The lowest BCUT2D eigenvalue weighted by atomic mass is 10.2. The molecule has 3 aromatic rings. The summed E-state index contributed by atoms with van der Waals surface area (Å²) < 4.78 is 8.71. The molecule has 0 radical (unpaired) electrons. The number of aliphatic hydroxyl groups is 1. The first-order chi connectivity index (χ1) is 11.6. The molecule has 126 valence electrons. The summed E-state index contributed by atoms with van der Waals surface area (Å²) >= 11 is 0. The van der Waals surface area contributed by atoms with Crippen molar-refractivity contribution in [1.82, 2.24) is 19.2 Å². The van der Waals surface area contributed by atoms with Gasteiger partial charge in [0.1, 0.15) is 0 Å². The molecule has 7 heteroatoms. The van der Waals surface area contributed by atoms with Crippen molar-refractivity contribution < 1.29 is 14.9 Å². The number of aromatic hydroxyl groups is 1. The summed E-state index contributed by atoms with van der Waals surface area (Å²) in [6.07, 6.45) is 8.67. The molecule has 1 aliphatic carbocycles. The van der Waals surface area contributed by atoms with Gasteiger partial charge in [-0.15, -0.1) is 0 Å². The fourth-order valence-corrected chi connectivity index (χ4v) is 2.88. The van der Waals surface area contributed by atoms with Gasteiger partial charge >= 0.3 is 0 Å². The molecule has 0 amide bonds. The van der Waals surface area contributed by atoms with E-state index in [1.807, 2.05) is 29.8 Å². The lowest BCUT2D eigenvalue weighted by Crippen LogP contribution is -2.02. The Morgan fingerprint density at radius 3 is 2.92 bits per heavy atom. The van der Waals surface area contributed by atoms with Gasteiger partial charge in [-0.05, 0) is 37.3 Å². The second-order valence-corrected chi connectivity index (χ2v) is 6.18. The van der Waals surface area contributed by atoms with Crippen molar-refractivity contribution in [3.63, 3.8) is 0 Å². The maximum absolute atomic E-state index is 10.2. The van der Waals surface area contributed by atoms with Crippen LogP contribution >= 0.6 is 0 Å². The molecule has 0 spiro atoms. The smallest absolute Gasteiger partial charge is 0.184 e. The average molecular weight is 328 g/mol. The van der Waals surface area contributed by atoms with E-state index in [1.54, 1.807) is 17.1 Å². The minimum atomic E-state index is -0.963. The molecule has 0 saturated heterocycles. The van der Waals surface area contributed by atoms with E-state index < -0.39 is 6.29 Å². The summed E-state index contributed by atoms with van der Waals surface area (Å²) in [5, 5.41) is 24.2. The van der Waals surface area contributed by atoms with E-state index in [0.29, 0.717) is 30.3 Å². The SMILES string of the molecule is CCOC(O)c1cnn(Cc2cn3cc(C4CC4)cc(O)c3n2)c1. The van der Waals surface area contributed by atoms with Crippen molar-refractivity contribution in [3.05, 3.63) is 47.7 Å². The molecule has 3 heterocycles. The number of hydrogen-bond acceptors (Lipinski definition) is 5. The summed E-state index contributed by atoms with van der Waals surface area (Å²) in [7, 11) is 0. The second-order valence-electron chi connectivity index (χ2n) is 6.18. The summed E-state index contributed by atoms with van der Waals surface area (Å²) in [4.78, 5) is 4.48. The van der Waals surface area contributed by atoms with Gasteiger partial charge in [0.25, 0.3) is 0 Å². The first kappa shape index (κ1) is 15.2. The normalized spacial score (nSPS) is 15.9. The Balaban J connectivity index is 1.57. The van der Waals surface area contributed by atoms with Gasteiger partial charge in [-0.2, -0.15) is 5.10 Å². The van der Waals surface area contributed by atoms with Crippen LogP contribution in [-0.2, 0) is 11.3 Å². The van der Waals surface area contributed by atoms with E-state index in [1.165, 1.54) is 12.8 Å². The molecule has 0 bridgehead atoms. The summed E-state index contributed by atoms with van der Waals surface area (Å²) in [5.74, 6) is 0.776. The topological polar surface area (TPSA) is 84.8 Å². The number of rotatable bonds is 6. The minimum Gasteiger partial charge on any atom is -0.504 e. The van der Waals surface area contributed by atoms with E-state index in [4.69, 9.17) is 4.74 Å². The number of nitrogens with zero attached hydrogens (tertiary/aromatic N) is 4. The van der Waals surface area contributed by atoms with E-state index in [9.17, 15) is 10.2 Å². The van der Waals surface area contributed by atoms with Crippen LogP contribution in [0.5, 0.6) is 5.75 Å². The molecule has 1 aliphatic rings. The van der Waals surface area contributed by atoms with Crippen molar-refractivity contribution in [2.45, 2.75) is 38.5 Å². The monoisotopic (exact) mass is 328 g/mol. The van der Waals surface area contributed by atoms with Crippen LogP contribution in [-0.4, -0.2) is 36.0 Å². The van der Waals surface area contributed by atoms with Gasteiger partial charge in [-0.25, -0.2) is 4.98 Å². The third-order valence-electron chi connectivity index (χ3n) is 4.24. The summed E-state index contributed by atoms with van der Waals surface area (Å²) in [6.45, 7) is 2.72. The Hall–Kier alpha value is -2.38. The van der Waals surface area contributed by atoms with Crippen LogP contribution in [0.4, 0.5) is 0 Å². The van der Waals surface area contributed by atoms with Gasteiger partial charge in [-0.3, -0.25) is 4.68 Å². The number of aliphatic hydroxyl groups excluding tert-OH is 1. The molecular weight excluding hydrogens is 308 g/mol. The minimum absolute atomic E-state index is 0.207. The number of fused-ring (bicyclic) bond motifs is 1. The zero-order valence-electron chi connectivity index (χ0n) is 13.5. The Morgan fingerprint density at radius 2 is 2.17 bits per heavy atom. The fraction of sp³-hybridized carbons (Fsp3) is 0.412.